The average molecular weight is 282 g/mol. The van der Waals surface area contributed by atoms with Crippen LogP contribution in [0.2, 0.25) is 5.02 Å². The molecule has 3 nitrogen and oxygen atoms in total. The summed E-state index contributed by atoms with van der Waals surface area (Å²) in [4.78, 5) is 5.59. The van der Waals surface area contributed by atoms with E-state index >= 15 is 0 Å². The second-order valence-corrected chi connectivity index (χ2v) is 5.31. The molecule has 0 spiro atoms. The maximum Gasteiger partial charge on any atom is 0.182 e. The van der Waals surface area contributed by atoms with Crippen LogP contribution < -0.4 is 5.32 Å². The lowest BCUT2D eigenvalue weighted by Crippen LogP contribution is -2.18. The third-order valence-electron chi connectivity index (χ3n) is 2.32. The van der Waals surface area contributed by atoms with Crippen LogP contribution in [0.4, 0.5) is 0 Å². The first-order valence-electron chi connectivity index (χ1n) is 5.73. The first-order valence-corrected chi connectivity index (χ1v) is 7.10. The molecule has 1 aromatic carbocycles. The molecule has 0 heterocycles. The van der Waals surface area contributed by atoms with Gasteiger partial charge in [0.15, 0.2) is 6.19 Å². The van der Waals surface area contributed by atoms with E-state index < -0.39 is 0 Å². The topological polar surface area (TPSA) is 48.2 Å². The molecule has 1 N–H and O–H groups in total. The Bertz CT molecular complexity index is 454. The van der Waals surface area contributed by atoms with E-state index in [1.807, 2.05) is 30.5 Å². The number of hydrogen-bond acceptors (Lipinski definition) is 3. The van der Waals surface area contributed by atoms with Crippen LogP contribution in [0, 0.1) is 11.5 Å². The molecule has 0 radical (unpaired) electrons. The summed E-state index contributed by atoms with van der Waals surface area (Å²) in [5.41, 5.74) is 0. The van der Waals surface area contributed by atoms with Crippen LogP contribution in [-0.4, -0.2) is 17.6 Å². The molecule has 96 valence electrons. The number of rotatable bonds is 5. The maximum absolute atomic E-state index is 8.50. The fraction of sp³-hybridized carbons (Fsp3) is 0.385. The molecule has 0 aliphatic heterocycles. The molecule has 18 heavy (non-hydrogen) atoms. The van der Waals surface area contributed by atoms with Gasteiger partial charge in [0.25, 0.3) is 0 Å². The van der Waals surface area contributed by atoms with Gasteiger partial charge in [0.2, 0.25) is 0 Å². The number of nitrogens with zero attached hydrogens (tertiary/aromatic N) is 2. The van der Waals surface area contributed by atoms with Gasteiger partial charge in [-0.1, -0.05) is 24.6 Å². The summed E-state index contributed by atoms with van der Waals surface area (Å²) in [6, 6.07) is 7.99. The van der Waals surface area contributed by atoms with E-state index in [-0.39, 0.29) is 6.04 Å². The first kappa shape index (κ1) is 14.9. The van der Waals surface area contributed by atoms with Crippen molar-refractivity contribution in [1.82, 2.24) is 5.32 Å². The molecule has 0 amide bonds. The second kappa shape index (κ2) is 8.02. The van der Waals surface area contributed by atoms with Gasteiger partial charge in [-0.2, -0.15) is 5.26 Å². The van der Waals surface area contributed by atoms with Crippen molar-refractivity contribution < 1.29 is 0 Å². The number of nitrogens with one attached hydrogen (secondary N) is 1. The van der Waals surface area contributed by atoms with Gasteiger partial charge in [-0.05, 0) is 31.5 Å². The van der Waals surface area contributed by atoms with Gasteiger partial charge in [0.1, 0.15) is 5.84 Å². The average Bonchev–Trinajstić information content (AvgIpc) is 2.35. The standard InChI is InChI=1S/C13H16ClN3S/c1-3-12(17-10(2)16-9-15)8-18-13-6-4-5-11(14)7-13/h4-7,12H,3,8H2,1-2H3,(H,16,17)/t12-/m1/s1. The molecule has 0 fully saturated rings. The smallest absolute Gasteiger partial charge is 0.182 e. The Labute approximate surface area is 117 Å². The third kappa shape index (κ3) is 5.44. The van der Waals surface area contributed by atoms with Crippen LogP contribution in [0.5, 0.6) is 0 Å². The first-order chi connectivity index (χ1) is 8.65. The Morgan fingerprint density at radius 1 is 1.61 bits per heavy atom. The summed E-state index contributed by atoms with van der Waals surface area (Å²) < 4.78 is 0. The molecular formula is C13H16ClN3S. The molecule has 0 bridgehead atoms. The molecule has 1 rings (SSSR count). The van der Waals surface area contributed by atoms with Crippen molar-refractivity contribution in [3.63, 3.8) is 0 Å². The number of hydrogen-bond donors (Lipinski definition) is 1. The summed E-state index contributed by atoms with van der Waals surface area (Å²) >= 11 is 7.66. The molecule has 0 aliphatic rings. The van der Waals surface area contributed by atoms with Crippen molar-refractivity contribution in [2.75, 3.05) is 5.75 Å². The van der Waals surface area contributed by atoms with Gasteiger partial charge in [0, 0.05) is 15.7 Å². The van der Waals surface area contributed by atoms with E-state index in [0.717, 1.165) is 22.1 Å². The summed E-state index contributed by atoms with van der Waals surface area (Å²) in [6.45, 7) is 3.89. The third-order valence-corrected chi connectivity index (χ3v) is 3.70. The zero-order chi connectivity index (χ0) is 13.4. The van der Waals surface area contributed by atoms with E-state index in [1.54, 1.807) is 18.7 Å². The zero-order valence-corrected chi connectivity index (χ0v) is 12.1. The Morgan fingerprint density at radius 2 is 2.39 bits per heavy atom. The van der Waals surface area contributed by atoms with Crippen molar-refractivity contribution in [3.05, 3.63) is 29.3 Å². The Kier molecular flexibility index (Phi) is 6.63. The van der Waals surface area contributed by atoms with Crippen molar-refractivity contribution in [1.29, 1.82) is 5.26 Å². The molecule has 0 saturated heterocycles. The maximum atomic E-state index is 8.50. The molecule has 0 aliphatic carbocycles. The van der Waals surface area contributed by atoms with E-state index in [2.05, 4.69) is 17.2 Å². The molecular weight excluding hydrogens is 266 g/mol. The lowest BCUT2D eigenvalue weighted by molar-refractivity contribution is 0.723. The minimum atomic E-state index is 0.204. The van der Waals surface area contributed by atoms with Gasteiger partial charge in [-0.3, -0.25) is 10.3 Å². The fourth-order valence-corrected chi connectivity index (χ4v) is 2.72. The number of nitriles is 1. The van der Waals surface area contributed by atoms with Crippen molar-refractivity contribution in [3.8, 4) is 6.19 Å². The summed E-state index contributed by atoms with van der Waals surface area (Å²) in [5.74, 6) is 1.54. The van der Waals surface area contributed by atoms with Crippen LogP contribution >= 0.6 is 23.4 Å². The highest BCUT2D eigenvalue weighted by molar-refractivity contribution is 7.99. The lowest BCUT2D eigenvalue weighted by Gasteiger charge is -2.10. The van der Waals surface area contributed by atoms with E-state index in [9.17, 15) is 0 Å². The van der Waals surface area contributed by atoms with Crippen LogP contribution in [0.1, 0.15) is 20.3 Å². The van der Waals surface area contributed by atoms with Crippen molar-refractivity contribution >= 4 is 29.2 Å². The van der Waals surface area contributed by atoms with Crippen molar-refractivity contribution in [2.24, 2.45) is 4.99 Å². The molecule has 5 heteroatoms. The Morgan fingerprint density at radius 3 is 3.00 bits per heavy atom. The summed E-state index contributed by atoms with van der Waals surface area (Å²) in [7, 11) is 0. The zero-order valence-electron chi connectivity index (χ0n) is 10.5. The van der Waals surface area contributed by atoms with Gasteiger partial charge in [-0.15, -0.1) is 11.8 Å². The predicted octanol–water partition coefficient (Wildman–Crippen LogP) is 3.70. The van der Waals surface area contributed by atoms with E-state index in [0.29, 0.717) is 5.84 Å². The largest absolute Gasteiger partial charge is 0.281 e. The minimum Gasteiger partial charge on any atom is -0.281 e. The lowest BCUT2D eigenvalue weighted by atomic mass is 10.3. The highest BCUT2D eigenvalue weighted by Gasteiger charge is 2.06. The van der Waals surface area contributed by atoms with Gasteiger partial charge in [-0.25, -0.2) is 0 Å². The Balaban J connectivity index is 2.55. The molecule has 1 aromatic rings. The summed E-state index contributed by atoms with van der Waals surface area (Å²) in [6.07, 6.45) is 2.82. The highest BCUT2D eigenvalue weighted by atomic mass is 35.5. The monoisotopic (exact) mass is 281 g/mol. The van der Waals surface area contributed by atoms with Crippen LogP contribution in [0.3, 0.4) is 0 Å². The number of amidine groups is 1. The molecule has 0 saturated carbocycles. The van der Waals surface area contributed by atoms with Gasteiger partial charge >= 0.3 is 0 Å². The summed E-state index contributed by atoms with van der Waals surface area (Å²) in [5, 5.41) is 11.8. The molecule has 1 atom stereocenters. The van der Waals surface area contributed by atoms with Crippen LogP contribution in [0.25, 0.3) is 0 Å². The quantitative estimate of drug-likeness (QED) is 0.294. The van der Waals surface area contributed by atoms with Crippen LogP contribution in [-0.2, 0) is 0 Å². The molecule has 0 unspecified atom stereocenters. The Hall–Kier alpha value is -1.18. The van der Waals surface area contributed by atoms with E-state index in [1.165, 1.54) is 0 Å². The van der Waals surface area contributed by atoms with Gasteiger partial charge < -0.3 is 0 Å². The number of aliphatic imine (C=N–C) groups is 1. The number of benzene rings is 1. The highest BCUT2D eigenvalue weighted by Crippen LogP contribution is 2.23. The normalized spacial score (nSPS) is 12.9. The fourth-order valence-electron chi connectivity index (χ4n) is 1.38. The van der Waals surface area contributed by atoms with Gasteiger partial charge in [0.05, 0.1) is 6.04 Å². The van der Waals surface area contributed by atoms with Crippen LogP contribution in [0.15, 0.2) is 34.2 Å². The van der Waals surface area contributed by atoms with Crippen molar-refractivity contribution in [2.45, 2.75) is 31.2 Å². The number of thioether (sulfide) groups is 1. The minimum absolute atomic E-state index is 0.204. The predicted molar refractivity (Wildman–Crippen MR) is 78.1 cm³/mol. The molecule has 0 aromatic heterocycles. The SMILES string of the molecule is CC[C@H](CSc1cccc(Cl)c1)N=C(C)NC#N. The second-order valence-electron chi connectivity index (χ2n) is 3.78. The van der Waals surface area contributed by atoms with E-state index in [4.69, 9.17) is 16.9 Å². The number of halogens is 1.